The summed E-state index contributed by atoms with van der Waals surface area (Å²) in [6.07, 6.45) is 6.66. The maximum Gasteiger partial charge on any atom is 0.254 e. The summed E-state index contributed by atoms with van der Waals surface area (Å²) in [5.41, 5.74) is 4.04. The fourth-order valence-corrected chi connectivity index (χ4v) is 5.40. The number of aryl methyl sites for hydroxylation is 1. The van der Waals surface area contributed by atoms with Crippen molar-refractivity contribution in [1.29, 1.82) is 0 Å². The fourth-order valence-electron chi connectivity index (χ4n) is 5.10. The van der Waals surface area contributed by atoms with Crippen LogP contribution in [0.2, 0.25) is 10.2 Å². The molecular formula is C28H25Cl2N9O2. The van der Waals surface area contributed by atoms with Crippen LogP contribution in [0, 0.1) is 5.92 Å². The van der Waals surface area contributed by atoms with Gasteiger partial charge in [0.05, 0.1) is 53.2 Å². The summed E-state index contributed by atoms with van der Waals surface area (Å²) in [6.45, 7) is 1.90. The number of anilines is 1. The van der Waals surface area contributed by atoms with Gasteiger partial charge >= 0.3 is 0 Å². The molecule has 0 radical (unpaired) electrons. The number of rotatable bonds is 3. The molecule has 0 saturated heterocycles. The van der Waals surface area contributed by atoms with E-state index in [0.717, 1.165) is 0 Å². The average molecular weight is 590 g/mol. The van der Waals surface area contributed by atoms with Crippen molar-refractivity contribution in [1.82, 2.24) is 39.3 Å². The third-order valence-corrected chi connectivity index (χ3v) is 7.64. The molecule has 0 aliphatic carbocycles. The first-order chi connectivity index (χ1) is 19.8. The number of halogens is 2. The Morgan fingerprint density at radius 3 is 2.68 bits per heavy atom. The standard InChI is InChI=1S/C28H25Cl2N9O2/c1-16-5-3-8-24(19-6-4-7-20(33-19)27-22(34-28(16)41)13-32-37(27)2)38-15-31-21(12-26(38)40)18-11-17(29)9-10-23(18)39-14-25(30)35-36-39/h4,6-7,9-16,24H,3,5,8H2,1-2H3,(H,34,41)/t16-,24-/m1/s1. The van der Waals surface area contributed by atoms with Crippen LogP contribution in [0.3, 0.4) is 0 Å². The second-order valence-corrected chi connectivity index (χ2v) is 10.8. The number of hydrogen-bond acceptors (Lipinski definition) is 7. The van der Waals surface area contributed by atoms with Gasteiger partial charge in [-0.15, -0.1) is 5.10 Å². The molecule has 11 nitrogen and oxygen atoms in total. The van der Waals surface area contributed by atoms with Crippen molar-refractivity contribution >= 4 is 34.8 Å². The molecule has 208 valence electrons. The number of hydrogen-bond donors (Lipinski definition) is 1. The third-order valence-electron chi connectivity index (χ3n) is 7.23. The number of carbonyl (C=O) groups is 1. The highest BCUT2D eigenvalue weighted by atomic mass is 35.5. The van der Waals surface area contributed by atoms with E-state index in [1.807, 2.05) is 25.1 Å². The van der Waals surface area contributed by atoms with Gasteiger partial charge in [-0.1, -0.05) is 47.8 Å². The molecule has 2 atom stereocenters. The van der Waals surface area contributed by atoms with Crippen molar-refractivity contribution in [3.05, 3.63) is 87.4 Å². The largest absolute Gasteiger partial charge is 0.323 e. The Morgan fingerprint density at radius 1 is 1.05 bits per heavy atom. The van der Waals surface area contributed by atoms with Crippen LogP contribution in [0.15, 0.2) is 66.0 Å². The highest BCUT2D eigenvalue weighted by Gasteiger charge is 2.24. The topological polar surface area (TPSA) is 125 Å². The Labute approximate surface area is 244 Å². The average Bonchev–Trinajstić information content (AvgIpc) is 3.55. The van der Waals surface area contributed by atoms with Crippen molar-refractivity contribution in [2.75, 3.05) is 5.32 Å². The smallest absolute Gasteiger partial charge is 0.254 e. The zero-order valence-corrected chi connectivity index (χ0v) is 23.7. The molecule has 6 rings (SSSR count). The molecule has 2 bridgehead atoms. The minimum Gasteiger partial charge on any atom is -0.323 e. The number of nitrogens with one attached hydrogen (secondary N) is 1. The molecule has 5 aromatic rings. The van der Waals surface area contributed by atoms with Crippen LogP contribution in [0.5, 0.6) is 0 Å². The molecule has 1 aliphatic rings. The molecule has 0 unspecified atom stereocenters. The van der Waals surface area contributed by atoms with E-state index in [9.17, 15) is 9.59 Å². The molecule has 13 heteroatoms. The molecule has 0 fully saturated rings. The van der Waals surface area contributed by atoms with Crippen molar-refractivity contribution in [2.24, 2.45) is 13.0 Å². The van der Waals surface area contributed by atoms with Gasteiger partial charge in [-0.2, -0.15) is 5.10 Å². The first-order valence-electron chi connectivity index (χ1n) is 13.0. The molecule has 1 N–H and O–H groups in total. The zero-order valence-electron chi connectivity index (χ0n) is 22.2. The van der Waals surface area contributed by atoms with Gasteiger partial charge in [-0.3, -0.25) is 18.8 Å². The summed E-state index contributed by atoms with van der Waals surface area (Å²) in [4.78, 5) is 36.2. The van der Waals surface area contributed by atoms with E-state index >= 15 is 0 Å². The lowest BCUT2D eigenvalue weighted by molar-refractivity contribution is -0.119. The predicted octanol–water partition coefficient (Wildman–Crippen LogP) is 4.94. The molecule has 1 aromatic carbocycles. The quantitative estimate of drug-likeness (QED) is 0.316. The summed E-state index contributed by atoms with van der Waals surface area (Å²) < 4.78 is 4.78. The van der Waals surface area contributed by atoms with Crippen LogP contribution in [0.1, 0.15) is 37.9 Å². The van der Waals surface area contributed by atoms with Crippen molar-refractivity contribution in [3.63, 3.8) is 0 Å². The second kappa shape index (κ2) is 10.9. The highest BCUT2D eigenvalue weighted by molar-refractivity contribution is 6.31. The SMILES string of the molecule is C[C@@H]1CCC[C@@H](n2cnc(-c3cc(Cl)ccc3-n3cc(Cl)nn3)cc2=O)c2cccc(n2)-c2c(cnn2C)NC1=O. The highest BCUT2D eigenvalue weighted by Crippen LogP contribution is 2.32. The maximum absolute atomic E-state index is 13.7. The number of nitrogens with zero attached hydrogens (tertiary/aromatic N) is 8. The van der Waals surface area contributed by atoms with E-state index in [-0.39, 0.29) is 22.5 Å². The van der Waals surface area contributed by atoms with Crippen molar-refractivity contribution in [2.45, 2.75) is 32.2 Å². The Morgan fingerprint density at radius 2 is 1.90 bits per heavy atom. The lowest BCUT2D eigenvalue weighted by Crippen LogP contribution is -2.27. The second-order valence-electron chi connectivity index (χ2n) is 9.98. The van der Waals surface area contributed by atoms with Crippen molar-refractivity contribution in [3.8, 4) is 28.3 Å². The molecule has 41 heavy (non-hydrogen) atoms. The fraction of sp³-hybridized carbons (Fsp3) is 0.250. The van der Waals surface area contributed by atoms with Crippen LogP contribution in [0.4, 0.5) is 5.69 Å². The number of carbonyl (C=O) groups excluding carboxylic acids is 1. The van der Waals surface area contributed by atoms with E-state index in [1.165, 1.54) is 17.1 Å². The first kappa shape index (κ1) is 26.9. The Balaban J connectivity index is 1.44. The van der Waals surface area contributed by atoms with E-state index in [4.69, 9.17) is 28.2 Å². The summed E-state index contributed by atoms with van der Waals surface area (Å²) >= 11 is 12.3. The zero-order chi connectivity index (χ0) is 28.7. The summed E-state index contributed by atoms with van der Waals surface area (Å²) in [7, 11) is 1.80. The van der Waals surface area contributed by atoms with Gasteiger partial charge in [0.25, 0.3) is 5.56 Å². The van der Waals surface area contributed by atoms with Gasteiger partial charge in [0.1, 0.15) is 5.69 Å². The van der Waals surface area contributed by atoms with Gasteiger partial charge in [0, 0.05) is 29.6 Å². The molecule has 5 heterocycles. The van der Waals surface area contributed by atoms with Gasteiger partial charge in [-0.05, 0) is 43.2 Å². The Hall–Kier alpha value is -4.35. The van der Waals surface area contributed by atoms with E-state index in [1.54, 1.807) is 46.9 Å². The van der Waals surface area contributed by atoms with Gasteiger partial charge in [0.15, 0.2) is 5.15 Å². The Kier molecular flexibility index (Phi) is 7.14. The number of pyridine rings is 1. The van der Waals surface area contributed by atoms with Crippen LogP contribution in [-0.4, -0.2) is 45.2 Å². The number of fused-ring (bicyclic) bond motifs is 4. The van der Waals surface area contributed by atoms with E-state index in [0.29, 0.717) is 64.0 Å². The molecular weight excluding hydrogens is 565 g/mol. The summed E-state index contributed by atoms with van der Waals surface area (Å²) in [5, 5.41) is 15.9. The van der Waals surface area contributed by atoms with E-state index in [2.05, 4.69) is 25.7 Å². The number of amides is 1. The number of aromatic nitrogens is 8. The molecule has 0 spiro atoms. The van der Waals surface area contributed by atoms with Crippen LogP contribution >= 0.6 is 23.2 Å². The van der Waals surface area contributed by atoms with Crippen LogP contribution in [0.25, 0.3) is 28.3 Å². The molecule has 0 saturated carbocycles. The lowest BCUT2D eigenvalue weighted by Gasteiger charge is -2.22. The predicted molar refractivity (Wildman–Crippen MR) is 155 cm³/mol. The minimum atomic E-state index is -0.400. The monoisotopic (exact) mass is 589 g/mol. The summed E-state index contributed by atoms with van der Waals surface area (Å²) in [6, 6.07) is 11.9. The maximum atomic E-state index is 13.7. The number of benzene rings is 1. The van der Waals surface area contributed by atoms with E-state index < -0.39 is 6.04 Å². The van der Waals surface area contributed by atoms with Crippen LogP contribution in [-0.2, 0) is 11.8 Å². The minimum absolute atomic E-state index is 0.0817. The molecule has 4 aromatic heterocycles. The van der Waals surface area contributed by atoms with Gasteiger partial charge in [-0.25, -0.2) is 14.6 Å². The van der Waals surface area contributed by atoms with Crippen molar-refractivity contribution < 1.29 is 4.79 Å². The van der Waals surface area contributed by atoms with Gasteiger partial charge < -0.3 is 5.32 Å². The van der Waals surface area contributed by atoms with Gasteiger partial charge in [0.2, 0.25) is 5.91 Å². The first-order valence-corrected chi connectivity index (χ1v) is 13.8. The Bertz CT molecular complexity index is 1830. The summed E-state index contributed by atoms with van der Waals surface area (Å²) in [5.74, 6) is -0.306. The molecule has 1 amide bonds. The molecule has 1 aliphatic heterocycles. The lowest BCUT2D eigenvalue weighted by atomic mass is 9.98. The van der Waals surface area contributed by atoms with Crippen LogP contribution < -0.4 is 10.9 Å². The normalized spacial score (nSPS) is 17.3. The third kappa shape index (κ3) is 5.25.